The van der Waals surface area contributed by atoms with E-state index in [1.165, 1.54) is 0 Å². The van der Waals surface area contributed by atoms with Crippen molar-refractivity contribution >= 4 is 17.4 Å². The normalized spacial score (nSPS) is 13.2. The molecule has 0 saturated carbocycles. The molecule has 4 nitrogen and oxygen atoms in total. The molecular weight excluding hydrogens is 274 g/mol. The molecule has 0 aliphatic carbocycles. The fraction of sp³-hybridized carbons (Fsp3) is 0.400. The Labute approximate surface area is 123 Å². The van der Waals surface area contributed by atoms with Crippen molar-refractivity contribution in [3.8, 4) is 0 Å². The van der Waals surface area contributed by atoms with E-state index in [0.29, 0.717) is 11.4 Å². The minimum Gasteiger partial charge on any atom is -0.297 e. The Balaban J connectivity index is 2.28. The molecule has 1 aromatic heterocycles. The maximum atomic E-state index is 12.6. The van der Waals surface area contributed by atoms with E-state index < -0.39 is 5.41 Å². The Hall–Kier alpha value is -1.68. The number of hydrogen-bond acceptors (Lipinski definition) is 3. The first-order valence-corrected chi connectivity index (χ1v) is 6.90. The van der Waals surface area contributed by atoms with E-state index in [2.05, 4.69) is 10.3 Å². The van der Waals surface area contributed by atoms with Gasteiger partial charge in [-0.2, -0.15) is 0 Å². The van der Waals surface area contributed by atoms with Gasteiger partial charge in [0.25, 0.3) is 0 Å². The Kier molecular flexibility index (Phi) is 4.23. The highest BCUT2D eigenvalue weighted by atomic mass is 35.5. The van der Waals surface area contributed by atoms with Crippen LogP contribution in [-0.4, -0.2) is 20.8 Å². The van der Waals surface area contributed by atoms with Crippen LogP contribution in [0.15, 0.2) is 36.7 Å². The zero-order valence-corrected chi connectivity index (χ0v) is 12.6. The number of carbonyl (C=O) groups is 1. The molecule has 0 bridgehead atoms. The fourth-order valence-corrected chi connectivity index (χ4v) is 2.16. The number of rotatable bonds is 4. The van der Waals surface area contributed by atoms with Gasteiger partial charge < -0.3 is 0 Å². The van der Waals surface area contributed by atoms with Crippen molar-refractivity contribution in [3.05, 3.63) is 47.2 Å². The summed E-state index contributed by atoms with van der Waals surface area (Å²) in [5, 5.41) is 8.48. The lowest BCUT2D eigenvalue weighted by Gasteiger charge is -2.24. The number of benzene rings is 1. The highest BCUT2D eigenvalue weighted by molar-refractivity contribution is 6.30. The van der Waals surface area contributed by atoms with Crippen LogP contribution in [0, 0.1) is 5.41 Å². The van der Waals surface area contributed by atoms with E-state index in [4.69, 9.17) is 11.6 Å². The van der Waals surface area contributed by atoms with Crippen LogP contribution in [0.1, 0.15) is 32.4 Å². The monoisotopic (exact) mass is 291 g/mol. The van der Waals surface area contributed by atoms with E-state index in [9.17, 15) is 4.79 Å². The topological polar surface area (TPSA) is 47.8 Å². The van der Waals surface area contributed by atoms with Crippen molar-refractivity contribution in [1.29, 1.82) is 0 Å². The number of hydrogen-bond donors (Lipinski definition) is 0. The van der Waals surface area contributed by atoms with Crippen LogP contribution >= 0.6 is 11.6 Å². The molecule has 0 saturated heterocycles. The number of Topliss-reactive ketones (excluding diaryl/α,β-unsaturated/α-hetero) is 1. The van der Waals surface area contributed by atoms with Gasteiger partial charge in [-0.25, -0.2) is 4.68 Å². The van der Waals surface area contributed by atoms with Gasteiger partial charge in [0.1, 0.15) is 6.04 Å². The van der Waals surface area contributed by atoms with Crippen molar-refractivity contribution in [2.24, 2.45) is 5.41 Å². The van der Waals surface area contributed by atoms with E-state index >= 15 is 0 Å². The molecule has 2 rings (SSSR count). The molecule has 106 valence electrons. The summed E-state index contributed by atoms with van der Waals surface area (Å²) in [6, 6.07) is 7.18. The molecule has 0 fully saturated rings. The molecule has 1 atom stereocenters. The van der Waals surface area contributed by atoms with Crippen LogP contribution in [0.4, 0.5) is 0 Å². The molecule has 5 heteroatoms. The van der Waals surface area contributed by atoms with E-state index in [-0.39, 0.29) is 11.8 Å². The molecule has 0 aliphatic rings. The predicted molar refractivity (Wildman–Crippen MR) is 78.7 cm³/mol. The molecular formula is C15H18ClN3O. The Morgan fingerprint density at radius 2 is 1.95 bits per heavy atom. The molecule has 2 aromatic rings. The highest BCUT2D eigenvalue weighted by Gasteiger charge is 2.31. The van der Waals surface area contributed by atoms with Gasteiger partial charge in [-0.15, -0.1) is 5.10 Å². The number of halogens is 1. The van der Waals surface area contributed by atoms with Gasteiger partial charge >= 0.3 is 0 Å². The maximum absolute atomic E-state index is 12.6. The summed E-state index contributed by atoms with van der Waals surface area (Å²) in [6.45, 7) is 5.75. The molecule has 0 spiro atoms. The average molecular weight is 292 g/mol. The van der Waals surface area contributed by atoms with Gasteiger partial charge in [0.2, 0.25) is 0 Å². The van der Waals surface area contributed by atoms with Crippen molar-refractivity contribution in [2.75, 3.05) is 0 Å². The average Bonchev–Trinajstić information content (AvgIpc) is 2.90. The minimum atomic E-state index is -0.428. The molecule has 1 heterocycles. The molecule has 1 aromatic carbocycles. The minimum absolute atomic E-state index is 0.137. The van der Waals surface area contributed by atoms with Gasteiger partial charge in [0.05, 0.1) is 6.20 Å². The molecule has 0 amide bonds. The van der Waals surface area contributed by atoms with Crippen molar-refractivity contribution < 1.29 is 4.79 Å². The number of ketones is 1. The number of aromatic nitrogens is 3. The second kappa shape index (κ2) is 5.75. The summed E-state index contributed by atoms with van der Waals surface area (Å²) < 4.78 is 1.63. The van der Waals surface area contributed by atoms with Gasteiger partial charge in [-0.05, 0) is 17.7 Å². The van der Waals surface area contributed by atoms with Crippen molar-refractivity contribution in [1.82, 2.24) is 15.0 Å². The van der Waals surface area contributed by atoms with Crippen LogP contribution in [0.3, 0.4) is 0 Å². The lowest BCUT2D eigenvalue weighted by Crippen LogP contribution is -2.32. The standard InChI is InChI=1S/C15H18ClN3O/c1-15(2,3)14(20)13(19-9-8-17-18-19)10-11-4-6-12(16)7-5-11/h4-9,13H,10H2,1-3H3/t13-/m0/s1. The third-order valence-electron chi connectivity index (χ3n) is 3.14. The first kappa shape index (κ1) is 14.7. The number of carbonyl (C=O) groups excluding carboxylic acids is 1. The SMILES string of the molecule is CC(C)(C)C(=O)[C@H](Cc1ccc(Cl)cc1)n1ccnn1. The van der Waals surface area contributed by atoms with Crippen LogP contribution in [0.5, 0.6) is 0 Å². The van der Waals surface area contributed by atoms with E-state index in [0.717, 1.165) is 5.56 Å². The first-order chi connectivity index (χ1) is 9.38. The zero-order chi connectivity index (χ0) is 14.8. The first-order valence-electron chi connectivity index (χ1n) is 6.52. The summed E-state index contributed by atoms with van der Waals surface area (Å²) in [7, 11) is 0. The second-order valence-electron chi connectivity index (χ2n) is 5.84. The zero-order valence-electron chi connectivity index (χ0n) is 11.9. The fourth-order valence-electron chi connectivity index (χ4n) is 2.03. The van der Waals surface area contributed by atoms with Crippen molar-refractivity contribution in [2.45, 2.75) is 33.2 Å². The van der Waals surface area contributed by atoms with Crippen LogP contribution in [0.2, 0.25) is 5.02 Å². The summed E-state index contributed by atoms with van der Waals surface area (Å²) in [4.78, 5) is 12.6. The summed E-state index contributed by atoms with van der Waals surface area (Å²) in [5.41, 5.74) is 0.621. The van der Waals surface area contributed by atoms with Crippen LogP contribution in [-0.2, 0) is 11.2 Å². The van der Waals surface area contributed by atoms with Crippen molar-refractivity contribution in [3.63, 3.8) is 0 Å². The van der Waals surface area contributed by atoms with Gasteiger partial charge in [0.15, 0.2) is 5.78 Å². The Morgan fingerprint density at radius 3 is 2.45 bits per heavy atom. The third-order valence-corrected chi connectivity index (χ3v) is 3.40. The molecule has 0 aliphatic heterocycles. The number of nitrogens with zero attached hydrogens (tertiary/aromatic N) is 3. The molecule has 0 N–H and O–H groups in total. The second-order valence-corrected chi connectivity index (χ2v) is 6.28. The predicted octanol–water partition coefficient (Wildman–Crippen LogP) is 3.33. The quantitative estimate of drug-likeness (QED) is 0.868. The lowest BCUT2D eigenvalue weighted by atomic mass is 9.84. The molecule has 0 unspecified atom stereocenters. The van der Waals surface area contributed by atoms with E-state index in [1.54, 1.807) is 17.1 Å². The van der Waals surface area contributed by atoms with Gasteiger partial charge in [-0.1, -0.05) is 49.7 Å². The maximum Gasteiger partial charge on any atom is 0.163 e. The highest BCUT2D eigenvalue weighted by Crippen LogP contribution is 2.26. The van der Waals surface area contributed by atoms with E-state index in [1.807, 2.05) is 45.0 Å². The van der Waals surface area contributed by atoms with Gasteiger partial charge in [0, 0.05) is 23.1 Å². The third kappa shape index (κ3) is 3.45. The largest absolute Gasteiger partial charge is 0.297 e. The smallest absolute Gasteiger partial charge is 0.163 e. The summed E-state index contributed by atoms with van der Waals surface area (Å²) >= 11 is 5.89. The van der Waals surface area contributed by atoms with Crippen LogP contribution < -0.4 is 0 Å². The summed E-state index contributed by atoms with van der Waals surface area (Å²) in [6.07, 6.45) is 3.89. The lowest BCUT2D eigenvalue weighted by molar-refractivity contribution is -0.130. The Bertz CT molecular complexity index is 570. The Morgan fingerprint density at radius 1 is 1.30 bits per heavy atom. The van der Waals surface area contributed by atoms with Crippen LogP contribution in [0.25, 0.3) is 0 Å². The van der Waals surface area contributed by atoms with Gasteiger partial charge in [-0.3, -0.25) is 4.79 Å². The molecule has 20 heavy (non-hydrogen) atoms. The molecule has 0 radical (unpaired) electrons. The summed E-state index contributed by atoms with van der Waals surface area (Å²) in [5.74, 6) is 0.137.